The van der Waals surface area contributed by atoms with Crippen LogP contribution in [0.5, 0.6) is 5.75 Å². The van der Waals surface area contributed by atoms with Crippen LogP contribution in [0.1, 0.15) is 33.2 Å². The Balaban J connectivity index is 2.43. The number of carbonyl (C=O) groups is 2. The lowest BCUT2D eigenvalue weighted by atomic mass is 10.1. The third-order valence-corrected chi connectivity index (χ3v) is 3.66. The maximum absolute atomic E-state index is 12.1. The molecule has 0 aliphatic heterocycles. The predicted molar refractivity (Wildman–Crippen MR) is 88.1 cm³/mol. The van der Waals surface area contributed by atoms with Gasteiger partial charge >= 0.3 is 5.97 Å². The zero-order chi connectivity index (χ0) is 17.0. The Morgan fingerprint density at radius 1 is 1.17 bits per heavy atom. The molecule has 2 aromatic rings. The first-order valence-electron chi connectivity index (χ1n) is 7.02. The molecule has 0 aliphatic rings. The van der Waals surface area contributed by atoms with Gasteiger partial charge in [0.2, 0.25) is 6.10 Å². The molecule has 120 valence electrons. The number of hydrogen-bond acceptors (Lipinski definition) is 4. The van der Waals surface area contributed by atoms with Gasteiger partial charge in [-0.05, 0) is 49.2 Å². The highest BCUT2D eigenvalue weighted by Crippen LogP contribution is 2.31. The van der Waals surface area contributed by atoms with Crippen molar-refractivity contribution in [2.75, 3.05) is 7.11 Å². The van der Waals surface area contributed by atoms with E-state index in [4.69, 9.17) is 21.1 Å². The van der Waals surface area contributed by atoms with Crippen molar-refractivity contribution in [2.24, 2.45) is 0 Å². The van der Waals surface area contributed by atoms with Gasteiger partial charge in [0.15, 0.2) is 0 Å². The molecule has 0 saturated heterocycles. The van der Waals surface area contributed by atoms with Gasteiger partial charge in [-0.2, -0.15) is 0 Å². The van der Waals surface area contributed by atoms with E-state index in [1.165, 1.54) is 7.11 Å². The van der Waals surface area contributed by atoms with Crippen LogP contribution in [0, 0.1) is 13.8 Å². The Kier molecular flexibility index (Phi) is 5.40. The second kappa shape index (κ2) is 7.29. The molecule has 0 saturated carbocycles. The number of benzene rings is 2. The van der Waals surface area contributed by atoms with Crippen molar-refractivity contribution in [1.82, 2.24) is 0 Å². The van der Waals surface area contributed by atoms with E-state index in [1.54, 1.807) is 36.4 Å². The quantitative estimate of drug-likeness (QED) is 0.612. The monoisotopic (exact) mass is 332 g/mol. The summed E-state index contributed by atoms with van der Waals surface area (Å²) in [6, 6.07) is 10.3. The molecule has 1 unspecified atom stereocenters. The average Bonchev–Trinajstić information content (AvgIpc) is 2.53. The largest absolute Gasteiger partial charge is 0.473 e. The average molecular weight is 333 g/mol. The fourth-order valence-corrected chi connectivity index (χ4v) is 2.58. The lowest BCUT2D eigenvalue weighted by molar-refractivity contribution is -0.149. The lowest BCUT2D eigenvalue weighted by Crippen LogP contribution is -2.21. The summed E-state index contributed by atoms with van der Waals surface area (Å²) >= 11 is 6.00. The van der Waals surface area contributed by atoms with Crippen LogP contribution in [0.15, 0.2) is 36.4 Å². The molecule has 5 heteroatoms. The van der Waals surface area contributed by atoms with Gasteiger partial charge in [0.1, 0.15) is 12.0 Å². The number of aldehydes is 1. The van der Waals surface area contributed by atoms with Gasteiger partial charge in [-0.15, -0.1) is 0 Å². The van der Waals surface area contributed by atoms with Crippen molar-refractivity contribution in [3.8, 4) is 5.75 Å². The Bertz CT molecular complexity index is 717. The number of aryl methyl sites for hydroxylation is 2. The first-order chi connectivity index (χ1) is 11.0. The topological polar surface area (TPSA) is 52.6 Å². The molecule has 0 aliphatic carbocycles. The highest BCUT2D eigenvalue weighted by Gasteiger charge is 2.25. The minimum atomic E-state index is -0.932. The molecule has 0 radical (unpaired) electrons. The third kappa shape index (κ3) is 3.90. The summed E-state index contributed by atoms with van der Waals surface area (Å²) in [5.41, 5.74) is 2.69. The summed E-state index contributed by atoms with van der Waals surface area (Å²) in [6.07, 6.45) is -0.156. The second-order valence-corrected chi connectivity index (χ2v) is 5.61. The van der Waals surface area contributed by atoms with Crippen LogP contribution in [0.3, 0.4) is 0 Å². The maximum Gasteiger partial charge on any atom is 0.351 e. The minimum absolute atomic E-state index is 0.504. The van der Waals surface area contributed by atoms with Gasteiger partial charge in [0.25, 0.3) is 0 Å². The molecule has 0 heterocycles. The fourth-order valence-electron chi connectivity index (χ4n) is 2.38. The van der Waals surface area contributed by atoms with E-state index >= 15 is 0 Å². The second-order valence-electron chi connectivity index (χ2n) is 5.18. The normalized spacial score (nSPS) is 11.7. The summed E-state index contributed by atoms with van der Waals surface area (Å²) in [5.74, 6) is 0.0245. The van der Waals surface area contributed by atoms with Gasteiger partial charge in [-0.25, -0.2) is 4.79 Å². The van der Waals surface area contributed by atoms with Crippen LogP contribution >= 0.6 is 11.6 Å². The van der Waals surface area contributed by atoms with E-state index in [0.717, 1.165) is 17.4 Å². The van der Waals surface area contributed by atoms with Crippen LogP contribution in [-0.2, 0) is 9.53 Å². The molecular formula is C18H17ClO4. The number of rotatable bonds is 5. The molecule has 2 aromatic carbocycles. The van der Waals surface area contributed by atoms with Crippen molar-refractivity contribution in [3.63, 3.8) is 0 Å². The van der Waals surface area contributed by atoms with Crippen LogP contribution < -0.4 is 4.74 Å². The summed E-state index contributed by atoms with van der Waals surface area (Å²) < 4.78 is 10.8. The summed E-state index contributed by atoms with van der Waals surface area (Å²) in [6.45, 7) is 3.64. The molecule has 0 fully saturated rings. The van der Waals surface area contributed by atoms with Gasteiger partial charge < -0.3 is 9.47 Å². The zero-order valence-electron chi connectivity index (χ0n) is 13.1. The Morgan fingerprint density at radius 2 is 1.83 bits per heavy atom. The molecule has 1 atom stereocenters. The van der Waals surface area contributed by atoms with Gasteiger partial charge in [-0.3, -0.25) is 4.79 Å². The highest BCUT2D eigenvalue weighted by atomic mass is 35.5. The summed E-state index contributed by atoms with van der Waals surface area (Å²) in [4.78, 5) is 23.1. The lowest BCUT2D eigenvalue weighted by Gasteiger charge is -2.20. The molecule has 0 N–H and O–H groups in total. The van der Waals surface area contributed by atoms with Crippen LogP contribution in [0.25, 0.3) is 0 Å². The molecule has 23 heavy (non-hydrogen) atoms. The van der Waals surface area contributed by atoms with Crippen LogP contribution in [0.4, 0.5) is 0 Å². The smallest absolute Gasteiger partial charge is 0.351 e. The first-order valence-corrected chi connectivity index (χ1v) is 7.40. The van der Waals surface area contributed by atoms with Crippen molar-refractivity contribution in [2.45, 2.75) is 20.0 Å². The van der Waals surface area contributed by atoms with Crippen molar-refractivity contribution < 1.29 is 19.1 Å². The van der Waals surface area contributed by atoms with Gasteiger partial charge in [0.05, 0.1) is 7.11 Å². The summed E-state index contributed by atoms with van der Waals surface area (Å²) in [7, 11) is 1.30. The number of esters is 1. The SMILES string of the molecule is COC(=O)C(Oc1c(C)cc(C=O)cc1C)c1cccc(Cl)c1. The van der Waals surface area contributed by atoms with Crippen LogP contribution in [-0.4, -0.2) is 19.4 Å². The molecule has 0 spiro atoms. The molecule has 2 rings (SSSR count). The fraction of sp³-hybridized carbons (Fsp3) is 0.222. The number of hydrogen-bond donors (Lipinski definition) is 0. The van der Waals surface area contributed by atoms with Crippen LogP contribution in [0.2, 0.25) is 5.02 Å². The number of methoxy groups -OCH3 is 1. The molecule has 0 bridgehead atoms. The van der Waals surface area contributed by atoms with E-state index in [1.807, 2.05) is 13.8 Å². The molecule has 0 aromatic heterocycles. The van der Waals surface area contributed by atoms with E-state index < -0.39 is 12.1 Å². The molecule has 0 amide bonds. The Labute approximate surface area is 140 Å². The van der Waals surface area contributed by atoms with E-state index in [2.05, 4.69) is 0 Å². The standard InChI is InChI=1S/C18H17ClO4/c1-11-7-13(10-20)8-12(2)16(11)23-17(18(21)22-3)14-5-4-6-15(19)9-14/h4-10,17H,1-3H3. The summed E-state index contributed by atoms with van der Waals surface area (Å²) in [5, 5.41) is 0.504. The maximum atomic E-state index is 12.1. The zero-order valence-corrected chi connectivity index (χ0v) is 13.9. The Morgan fingerprint density at radius 3 is 2.35 bits per heavy atom. The van der Waals surface area contributed by atoms with E-state index in [0.29, 0.717) is 21.9 Å². The minimum Gasteiger partial charge on any atom is -0.473 e. The predicted octanol–water partition coefficient (Wildman–Crippen LogP) is 4.06. The number of ether oxygens (including phenoxy) is 2. The molecule has 4 nitrogen and oxygen atoms in total. The van der Waals surface area contributed by atoms with Crippen molar-refractivity contribution in [1.29, 1.82) is 0 Å². The van der Waals surface area contributed by atoms with Crippen molar-refractivity contribution in [3.05, 3.63) is 63.7 Å². The highest BCUT2D eigenvalue weighted by molar-refractivity contribution is 6.30. The Hall–Kier alpha value is -2.33. The van der Waals surface area contributed by atoms with E-state index in [9.17, 15) is 9.59 Å². The van der Waals surface area contributed by atoms with E-state index in [-0.39, 0.29) is 0 Å². The van der Waals surface area contributed by atoms with Crippen molar-refractivity contribution >= 4 is 23.9 Å². The number of carbonyl (C=O) groups excluding carboxylic acids is 2. The first kappa shape index (κ1) is 17.0. The van der Waals surface area contributed by atoms with Gasteiger partial charge in [-0.1, -0.05) is 23.7 Å². The number of halogens is 1. The molecular weight excluding hydrogens is 316 g/mol. The third-order valence-electron chi connectivity index (χ3n) is 3.42. The van der Waals surface area contributed by atoms with Gasteiger partial charge in [0, 0.05) is 16.1 Å².